The van der Waals surface area contributed by atoms with Gasteiger partial charge in [-0.2, -0.15) is 8.42 Å². The molecule has 1 N–H and O–H groups in total. The van der Waals surface area contributed by atoms with E-state index in [-0.39, 0.29) is 17.8 Å². The molecule has 0 aromatic rings. The Morgan fingerprint density at radius 3 is 2.35 bits per heavy atom. The lowest BCUT2D eigenvalue weighted by Gasteiger charge is -2.68. The van der Waals surface area contributed by atoms with Crippen molar-refractivity contribution in [2.75, 3.05) is 6.26 Å². The molecule has 132 valence electrons. The second-order valence-corrected chi connectivity index (χ2v) is 8.96. The first-order chi connectivity index (χ1) is 10.7. The average molecular weight is 346 g/mol. The first kappa shape index (κ1) is 17.2. The van der Waals surface area contributed by atoms with Crippen molar-refractivity contribution >= 4 is 16.1 Å². The second kappa shape index (κ2) is 5.70. The lowest BCUT2D eigenvalue weighted by atomic mass is 9.43. The molecule has 3 fully saturated rings. The minimum absolute atomic E-state index is 0.234. The summed E-state index contributed by atoms with van der Waals surface area (Å²) >= 11 is 0. The van der Waals surface area contributed by atoms with E-state index in [0.29, 0.717) is 6.42 Å². The third-order valence-electron chi connectivity index (χ3n) is 5.96. The monoisotopic (exact) mass is 346 g/mol. The summed E-state index contributed by atoms with van der Waals surface area (Å²) in [7, 11) is -3.64. The molecule has 0 unspecified atom stereocenters. The molecule has 23 heavy (non-hydrogen) atoms. The van der Waals surface area contributed by atoms with E-state index < -0.39 is 27.4 Å². The van der Waals surface area contributed by atoms with Gasteiger partial charge in [0.1, 0.15) is 17.3 Å². The van der Waals surface area contributed by atoms with Crippen LogP contribution in [0, 0.1) is 11.8 Å². The molecule has 0 aromatic heterocycles. The van der Waals surface area contributed by atoms with Gasteiger partial charge in [-0.3, -0.25) is 8.98 Å². The van der Waals surface area contributed by atoms with Crippen LogP contribution in [0.15, 0.2) is 0 Å². The first-order valence-corrected chi connectivity index (χ1v) is 10.3. The summed E-state index contributed by atoms with van der Waals surface area (Å²) in [6.07, 6.45) is 6.76. The summed E-state index contributed by atoms with van der Waals surface area (Å²) in [4.78, 5) is 11.7. The van der Waals surface area contributed by atoms with E-state index in [9.17, 15) is 18.3 Å². The molecule has 0 heterocycles. The van der Waals surface area contributed by atoms with Crippen LogP contribution in [0.5, 0.6) is 0 Å². The van der Waals surface area contributed by atoms with Gasteiger partial charge in [0.05, 0.1) is 6.26 Å². The summed E-state index contributed by atoms with van der Waals surface area (Å²) < 4.78 is 34.2. The van der Waals surface area contributed by atoms with Crippen LogP contribution in [0.4, 0.5) is 0 Å². The van der Waals surface area contributed by atoms with E-state index >= 15 is 0 Å². The van der Waals surface area contributed by atoms with Gasteiger partial charge in [-0.15, -0.1) is 0 Å². The lowest BCUT2D eigenvalue weighted by molar-refractivity contribution is -0.333. The smallest absolute Gasteiger partial charge is 0.303 e. The Bertz CT molecular complexity index is 587. The Hall–Kier alpha value is -0.660. The van der Waals surface area contributed by atoms with Crippen molar-refractivity contribution < 1.29 is 27.2 Å². The number of ether oxygens (including phenoxy) is 1. The molecule has 0 aromatic carbocycles. The van der Waals surface area contributed by atoms with Crippen LogP contribution in [-0.2, 0) is 23.8 Å². The van der Waals surface area contributed by atoms with E-state index in [1.54, 1.807) is 0 Å². The van der Waals surface area contributed by atoms with Crippen molar-refractivity contribution in [2.45, 2.75) is 75.6 Å². The molecule has 0 bridgehead atoms. The highest BCUT2D eigenvalue weighted by Gasteiger charge is 2.75. The molecule has 3 rings (SSSR count). The van der Waals surface area contributed by atoms with Crippen molar-refractivity contribution in [3.8, 4) is 0 Å². The van der Waals surface area contributed by atoms with Crippen molar-refractivity contribution in [3.63, 3.8) is 0 Å². The van der Waals surface area contributed by atoms with Crippen LogP contribution in [0.2, 0.25) is 0 Å². The minimum Gasteiger partial charge on any atom is -0.458 e. The summed E-state index contributed by atoms with van der Waals surface area (Å²) in [5.74, 6) is -0.800. The Morgan fingerprint density at radius 1 is 1.09 bits per heavy atom. The van der Waals surface area contributed by atoms with Gasteiger partial charge in [0.2, 0.25) is 0 Å². The van der Waals surface area contributed by atoms with Crippen LogP contribution in [0.25, 0.3) is 0 Å². The van der Waals surface area contributed by atoms with Gasteiger partial charge in [-0.05, 0) is 32.1 Å². The maximum Gasteiger partial charge on any atom is 0.303 e. The largest absolute Gasteiger partial charge is 0.458 e. The molecule has 3 saturated carbocycles. The van der Waals surface area contributed by atoms with Gasteiger partial charge in [0.15, 0.2) is 0 Å². The van der Waals surface area contributed by atoms with Crippen molar-refractivity contribution in [1.29, 1.82) is 0 Å². The maximum absolute atomic E-state index is 11.7. The third kappa shape index (κ3) is 2.70. The molecule has 6 nitrogen and oxygen atoms in total. The van der Waals surface area contributed by atoms with Gasteiger partial charge < -0.3 is 9.84 Å². The predicted molar refractivity (Wildman–Crippen MR) is 83.1 cm³/mol. The fraction of sp³-hybridized carbons (Fsp3) is 0.938. The van der Waals surface area contributed by atoms with Crippen LogP contribution in [-0.4, -0.2) is 43.1 Å². The molecule has 0 saturated heterocycles. The van der Waals surface area contributed by atoms with E-state index in [0.717, 1.165) is 51.2 Å². The summed E-state index contributed by atoms with van der Waals surface area (Å²) in [6.45, 7) is 1.40. The van der Waals surface area contributed by atoms with Crippen molar-refractivity contribution in [2.24, 2.45) is 11.8 Å². The van der Waals surface area contributed by atoms with E-state index in [1.807, 2.05) is 0 Å². The Balaban J connectivity index is 1.96. The van der Waals surface area contributed by atoms with Crippen LogP contribution in [0.3, 0.4) is 0 Å². The Morgan fingerprint density at radius 2 is 1.74 bits per heavy atom. The average Bonchev–Trinajstić information content (AvgIpc) is 2.60. The van der Waals surface area contributed by atoms with Crippen LogP contribution in [0.1, 0.15) is 58.3 Å². The number of hydrogen-bond acceptors (Lipinski definition) is 6. The maximum atomic E-state index is 11.7. The fourth-order valence-corrected chi connectivity index (χ4v) is 6.06. The lowest BCUT2D eigenvalue weighted by Crippen LogP contribution is -2.79. The summed E-state index contributed by atoms with van der Waals surface area (Å²) in [5, 5.41) is 11.4. The highest BCUT2D eigenvalue weighted by atomic mass is 32.2. The number of esters is 1. The Labute approximate surface area is 137 Å². The molecule has 7 heteroatoms. The molecule has 0 aliphatic heterocycles. The number of carbonyl (C=O) groups is 1. The van der Waals surface area contributed by atoms with Crippen LogP contribution >= 0.6 is 0 Å². The van der Waals surface area contributed by atoms with Gasteiger partial charge >= 0.3 is 5.97 Å². The minimum atomic E-state index is -3.64. The normalized spacial score (nSPS) is 43.5. The molecular formula is C16H26O6S. The zero-order valence-corrected chi connectivity index (χ0v) is 14.6. The number of rotatable bonds is 3. The molecule has 3 aliphatic carbocycles. The zero-order chi connectivity index (χ0) is 16.9. The van der Waals surface area contributed by atoms with Gasteiger partial charge in [0, 0.05) is 18.8 Å². The van der Waals surface area contributed by atoms with Crippen LogP contribution < -0.4 is 0 Å². The number of hydrogen-bond donors (Lipinski definition) is 1. The molecule has 0 amide bonds. The topological polar surface area (TPSA) is 89.9 Å². The van der Waals surface area contributed by atoms with Gasteiger partial charge in [-0.1, -0.05) is 19.3 Å². The third-order valence-corrected chi connectivity index (χ3v) is 6.54. The molecule has 0 radical (unpaired) electrons. The second-order valence-electron chi connectivity index (χ2n) is 7.36. The number of aliphatic hydroxyl groups is 1. The fourth-order valence-electron chi connectivity index (χ4n) is 5.38. The summed E-state index contributed by atoms with van der Waals surface area (Å²) in [6, 6.07) is 0. The first-order valence-electron chi connectivity index (χ1n) is 8.50. The van der Waals surface area contributed by atoms with E-state index in [2.05, 4.69) is 0 Å². The van der Waals surface area contributed by atoms with Gasteiger partial charge in [0.25, 0.3) is 10.1 Å². The molecular weight excluding hydrogens is 320 g/mol. The van der Waals surface area contributed by atoms with Crippen molar-refractivity contribution in [1.82, 2.24) is 0 Å². The van der Waals surface area contributed by atoms with E-state index in [4.69, 9.17) is 8.92 Å². The predicted octanol–water partition coefficient (Wildman–Crippen LogP) is 1.76. The molecule has 3 aliphatic rings. The molecule has 5 atom stereocenters. The quantitative estimate of drug-likeness (QED) is 0.619. The number of fused-ring (bicyclic) bond motifs is 4. The molecule has 0 spiro atoms. The SMILES string of the molecule is CC(=O)O[C@]12CCCCC[C@@H]1[C@]1(O)[C@@H](OS(C)(=O)=O)CCC[C@H]21. The Kier molecular flexibility index (Phi) is 4.26. The highest BCUT2D eigenvalue weighted by Crippen LogP contribution is 2.65. The zero-order valence-electron chi connectivity index (χ0n) is 13.8. The van der Waals surface area contributed by atoms with Crippen molar-refractivity contribution in [3.05, 3.63) is 0 Å². The highest BCUT2D eigenvalue weighted by molar-refractivity contribution is 7.86. The standard InChI is InChI=1S/C16H26O6S/c1-11(17)21-15-10-5-3-4-7-12(15)16(18)13(15)8-6-9-14(16)22-23(2,19)20/h12-14,18H,3-10H2,1-2H3/t12-,13+,14-,15+,16+/m0/s1. The van der Waals surface area contributed by atoms with E-state index in [1.165, 1.54) is 6.92 Å². The van der Waals surface area contributed by atoms with Gasteiger partial charge in [-0.25, -0.2) is 0 Å². The summed E-state index contributed by atoms with van der Waals surface area (Å²) in [5.41, 5.74) is -1.85. The number of carbonyl (C=O) groups excluding carboxylic acids is 1.